The molecular formula is C30H33Li2O6S2-. The third kappa shape index (κ3) is 8.45. The SMILES string of the molecule is O=S([O-])c1ccc(C2CCC(c3ccc(C4CCC(c5ccc(S(=O)(=O)[O-])cc5)CC4)cc3)CC2)cc1.[Li+].[Li+].[OH-]. The van der Waals surface area contributed by atoms with Gasteiger partial charge in [0.05, 0.1) is 4.90 Å². The van der Waals surface area contributed by atoms with Crippen LogP contribution < -0.4 is 37.7 Å². The molecule has 1 atom stereocenters. The number of benzene rings is 3. The predicted octanol–water partition coefficient (Wildman–Crippen LogP) is 0.543. The van der Waals surface area contributed by atoms with Gasteiger partial charge in [0, 0.05) is 4.90 Å². The van der Waals surface area contributed by atoms with Crippen LogP contribution in [0.15, 0.2) is 82.6 Å². The molecule has 2 saturated carbocycles. The molecule has 0 saturated heterocycles. The molecule has 2 aliphatic rings. The van der Waals surface area contributed by atoms with Gasteiger partial charge in [-0.3, -0.25) is 4.21 Å². The van der Waals surface area contributed by atoms with E-state index in [-0.39, 0.29) is 48.1 Å². The standard InChI is InChI=1S/C30H34O5S2.2Li.H2O/c31-36(32)29-17-13-27(14-18-29)25-9-5-23(6-10-25)21-1-3-22(4-2-21)24-7-11-26(12-8-24)28-15-19-30(20-16-28)37(33,34)35;;;/h1-4,13-20,23-26H,5-12H2,(H,31,32)(H,33,34,35);;;1H2/q;2*+1;/p-3. The maximum Gasteiger partial charge on any atom is 1.00 e. The van der Waals surface area contributed by atoms with Crippen LogP contribution in [0.25, 0.3) is 0 Å². The Hall–Kier alpha value is -1.17. The van der Waals surface area contributed by atoms with Crippen LogP contribution in [0.4, 0.5) is 0 Å². The molecule has 3 aromatic rings. The predicted molar refractivity (Wildman–Crippen MR) is 144 cm³/mol. The van der Waals surface area contributed by atoms with Crippen LogP contribution in [0.1, 0.15) is 97.3 Å². The maximum atomic E-state index is 11.2. The fourth-order valence-corrected chi connectivity index (χ4v) is 7.15. The van der Waals surface area contributed by atoms with Crippen molar-refractivity contribution in [1.29, 1.82) is 0 Å². The van der Waals surface area contributed by atoms with Gasteiger partial charge in [0.25, 0.3) is 0 Å². The average molecular weight is 568 g/mol. The summed E-state index contributed by atoms with van der Waals surface area (Å²) >= 11 is -2.17. The summed E-state index contributed by atoms with van der Waals surface area (Å²) < 4.78 is 55.7. The van der Waals surface area contributed by atoms with E-state index in [9.17, 15) is 21.7 Å². The van der Waals surface area contributed by atoms with Crippen LogP contribution in [0.5, 0.6) is 0 Å². The third-order valence-electron chi connectivity index (χ3n) is 8.52. The normalized spacial score (nSPS) is 23.6. The first-order chi connectivity index (χ1) is 17.8. The zero-order valence-corrected chi connectivity index (χ0v) is 24.8. The van der Waals surface area contributed by atoms with E-state index in [1.54, 1.807) is 24.3 Å². The van der Waals surface area contributed by atoms with Gasteiger partial charge in [-0.15, -0.1) is 0 Å². The van der Waals surface area contributed by atoms with E-state index in [2.05, 4.69) is 24.3 Å². The monoisotopic (exact) mass is 567 g/mol. The second-order valence-electron chi connectivity index (χ2n) is 10.6. The van der Waals surface area contributed by atoms with E-state index in [1.807, 2.05) is 12.1 Å². The molecule has 40 heavy (non-hydrogen) atoms. The largest absolute Gasteiger partial charge is 1.00 e. The first kappa shape index (κ1) is 35.0. The minimum Gasteiger partial charge on any atom is -0.870 e. The molecule has 0 aromatic heterocycles. The molecule has 0 bridgehead atoms. The minimum absolute atomic E-state index is 0. The molecule has 0 amide bonds. The second kappa shape index (κ2) is 15.3. The molecule has 10 heteroatoms. The van der Waals surface area contributed by atoms with E-state index >= 15 is 0 Å². The number of rotatable bonds is 6. The molecule has 1 unspecified atom stereocenters. The van der Waals surface area contributed by atoms with Crippen LogP contribution in [0.3, 0.4) is 0 Å². The van der Waals surface area contributed by atoms with Crippen molar-refractivity contribution < 1.29 is 64.9 Å². The summed E-state index contributed by atoms with van der Waals surface area (Å²) in [6.07, 6.45) is 8.88. The molecule has 2 aliphatic carbocycles. The van der Waals surface area contributed by atoms with E-state index in [1.165, 1.54) is 28.8 Å². The van der Waals surface area contributed by atoms with E-state index < -0.39 is 21.2 Å². The smallest absolute Gasteiger partial charge is 0.870 e. The topological polar surface area (TPSA) is 127 Å². The molecule has 1 N–H and O–H groups in total. The Balaban J connectivity index is 0.00000187. The Morgan fingerprint density at radius 1 is 0.550 bits per heavy atom. The van der Waals surface area contributed by atoms with Gasteiger partial charge < -0.3 is 14.6 Å². The van der Waals surface area contributed by atoms with Crippen LogP contribution in [0.2, 0.25) is 0 Å². The Morgan fingerprint density at radius 3 is 1.05 bits per heavy atom. The van der Waals surface area contributed by atoms with Crippen molar-refractivity contribution in [2.24, 2.45) is 0 Å². The molecule has 204 valence electrons. The van der Waals surface area contributed by atoms with Gasteiger partial charge in [0.15, 0.2) is 0 Å². The Morgan fingerprint density at radius 2 is 0.800 bits per heavy atom. The van der Waals surface area contributed by atoms with Crippen molar-refractivity contribution in [1.82, 2.24) is 0 Å². The molecular weight excluding hydrogens is 534 g/mol. The molecule has 2 fully saturated rings. The van der Waals surface area contributed by atoms with Crippen LogP contribution in [-0.4, -0.2) is 27.2 Å². The van der Waals surface area contributed by atoms with E-state index in [4.69, 9.17) is 0 Å². The molecule has 6 nitrogen and oxygen atoms in total. The van der Waals surface area contributed by atoms with Crippen molar-refractivity contribution in [2.75, 3.05) is 0 Å². The summed E-state index contributed by atoms with van der Waals surface area (Å²) in [6.45, 7) is 0. The summed E-state index contributed by atoms with van der Waals surface area (Å²) in [7, 11) is -4.40. The fraction of sp³-hybridized carbons (Fsp3) is 0.400. The Labute approximate surface area is 264 Å². The van der Waals surface area contributed by atoms with Crippen LogP contribution in [-0.2, 0) is 21.2 Å². The van der Waals surface area contributed by atoms with Crippen molar-refractivity contribution in [3.05, 3.63) is 95.1 Å². The first-order valence-corrected chi connectivity index (χ1v) is 15.6. The van der Waals surface area contributed by atoms with Crippen molar-refractivity contribution in [3.63, 3.8) is 0 Å². The molecule has 0 heterocycles. The third-order valence-corrected chi connectivity index (χ3v) is 10.0. The molecule has 3 aromatic carbocycles. The summed E-state index contributed by atoms with van der Waals surface area (Å²) in [5, 5.41) is 0. The van der Waals surface area contributed by atoms with Crippen molar-refractivity contribution in [3.8, 4) is 0 Å². The Kier molecular flexibility index (Phi) is 13.4. The first-order valence-electron chi connectivity index (χ1n) is 13.1. The zero-order chi connectivity index (χ0) is 26.0. The second-order valence-corrected chi connectivity index (χ2v) is 12.9. The minimum atomic E-state index is -4.40. The molecule has 0 aliphatic heterocycles. The summed E-state index contributed by atoms with van der Waals surface area (Å²) in [5.74, 6) is 2.04. The molecule has 0 spiro atoms. The number of hydrogen-bond donors (Lipinski definition) is 0. The summed E-state index contributed by atoms with van der Waals surface area (Å²) in [5.41, 5.74) is 5.18. The van der Waals surface area contributed by atoms with Gasteiger partial charge in [0.1, 0.15) is 10.1 Å². The summed E-state index contributed by atoms with van der Waals surface area (Å²) in [6, 6.07) is 23.0. The van der Waals surface area contributed by atoms with E-state index in [0.717, 1.165) is 56.9 Å². The molecule has 0 radical (unpaired) electrons. The van der Waals surface area contributed by atoms with Gasteiger partial charge in [0.2, 0.25) is 0 Å². The Bertz CT molecular complexity index is 1330. The van der Waals surface area contributed by atoms with Crippen LogP contribution >= 0.6 is 0 Å². The van der Waals surface area contributed by atoms with Gasteiger partial charge in [-0.2, -0.15) is 0 Å². The van der Waals surface area contributed by atoms with Gasteiger partial charge in [-0.05, 0) is 133 Å². The zero-order valence-electron chi connectivity index (χ0n) is 23.2. The molecule has 5 rings (SSSR count). The fourth-order valence-electron chi connectivity index (χ4n) is 6.32. The van der Waals surface area contributed by atoms with E-state index in [0.29, 0.717) is 28.6 Å². The average Bonchev–Trinajstić information content (AvgIpc) is 2.93. The van der Waals surface area contributed by atoms with Gasteiger partial charge >= 0.3 is 37.7 Å². The van der Waals surface area contributed by atoms with Crippen LogP contribution in [0, 0.1) is 0 Å². The van der Waals surface area contributed by atoms with Gasteiger partial charge in [-0.1, -0.05) is 48.5 Å². The quantitative estimate of drug-likeness (QED) is 0.243. The van der Waals surface area contributed by atoms with Gasteiger partial charge in [-0.25, -0.2) is 8.42 Å². The summed E-state index contributed by atoms with van der Waals surface area (Å²) in [4.78, 5) is 0.185. The van der Waals surface area contributed by atoms with Crippen molar-refractivity contribution >= 4 is 21.2 Å². The maximum absolute atomic E-state index is 11.2. The van der Waals surface area contributed by atoms with Crippen molar-refractivity contribution in [2.45, 2.75) is 84.8 Å². The number of hydrogen-bond acceptors (Lipinski definition) is 6.